The lowest BCUT2D eigenvalue weighted by molar-refractivity contribution is 0.506. The van der Waals surface area contributed by atoms with Gasteiger partial charge in [-0.05, 0) is 36.0 Å². The van der Waals surface area contributed by atoms with E-state index in [-0.39, 0.29) is 5.41 Å². The fourth-order valence-electron chi connectivity index (χ4n) is 2.22. The van der Waals surface area contributed by atoms with Crippen LogP contribution in [-0.2, 0) is 11.8 Å². The Morgan fingerprint density at radius 2 is 2.00 bits per heavy atom. The van der Waals surface area contributed by atoms with E-state index in [1.165, 1.54) is 5.56 Å². The van der Waals surface area contributed by atoms with Gasteiger partial charge in [0.15, 0.2) is 0 Å². The van der Waals surface area contributed by atoms with Crippen molar-refractivity contribution in [2.75, 3.05) is 0 Å². The van der Waals surface area contributed by atoms with E-state index in [1.807, 2.05) is 6.07 Å². The van der Waals surface area contributed by atoms with E-state index >= 15 is 0 Å². The molecule has 0 bridgehead atoms. The molecule has 0 unspecified atom stereocenters. The van der Waals surface area contributed by atoms with E-state index in [0.717, 1.165) is 29.4 Å². The number of nitriles is 1. The number of fused-ring (bicyclic) bond motifs is 1. The fraction of sp³-hybridized carbons (Fsp3) is 0.438. The highest BCUT2D eigenvalue weighted by atomic mass is 16.3. The third kappa shape index (κ3) is 1.90. The van der Waals surface area contributed by atoms with E-state index in [0.29, 0.717) is 5.76 Å². The summed E-state index contributed by atoms with van der Waals surface area (Å²) in [6, 6.07) is 8.42. The number of hydrogen-bond acceptors (Lipinski definition) is 2. The fourth-order valence-corrected chi connectivity index (χ4v) is 2.22. The van der Waals surface area contributed by atoms with Crippen LogP contribution in [0.2, 0.25) is 0 Å². The van der Waals surface area contributed by atoms with Gasteiger partial charge in [0.2, 0.25) is 5.76 Å². The van der Waals surface area contributed by atoms with E-state index in [1.54, 1.807) is 0 Å². The lowest BCUT2D eigenvalue weighted by Crippen LogP contribution is -2.15. The smallest absolute Gasteiger partial charge is 0.207 e. The van der Waals surface area contributed by atoms with Crippen LogP contribution in [0.3, 0.4) is 0 Å². The van der Waals surface area contributed by atoms with Gasteiger partial charge in [-0.2, -0.15) is 5.26 Å². The molecule has 0 spiro atoms. The first-order chi connectivity index (χ1) is 8.53. The van der Waals surface area contributed by atoms with Crippen molar-refractivity contribution < 1.29 is 4.42 Å². The zero-order chi connectivity index (χ0) is 13.3. The van der Waals surface area contributed by atoms with Crippen molar-refractivity contribution in [1.29, 1.82) is 5.26 Å². The Bertz CT molecular complexity index is 614. The molecule has 0 aliphatic carbocycles. The van der Waals surface area contributed by atoms with Gasteiger partial charge in [0.25, 0.3) is 0 Å². The second kappa shape index (κ2) is 4.49. The Morgan fingerprint density at radius 1 is 1.28 bits per heavy atom. The summed E-state index contributed by atoms with van der Waals surface area (Å²) < 4.78 is 5.58. The zero-order valence-electron chi connectivity index (χ0n) is 11.5. The van der Waals surface area contributed by atoms with Crippen molar-refractivity contribution in [2.24, 2.45) is 0 Å². The van der Waals surface area contributed by atoms with Gasteiger partial charge in [0, 0.05) is 10.9 Å². The van der Waals surface area contributed by atoms with Gasteiger partial charge in [0.1, 0.15) is 11.7 Å². The van der Waals surface area contributed by atoms with Crippen LogP contribution in [0.15, 0.2) is 22.6 Å². The Morgan fingerprint density at radius 3 is 2.56 bits per heavy atom. The van der Waals surface area contributed by atoms with Crippen LogP contribution in [-0.4, -0.2) is 0 Å². The number of hydrogen-bond donors (Lipinski definition) is 0. The van der Waals surface area contributed by atoms with Gasteiger partial charge >= 0.3 is 0 Å². The van der Waals surface area contributed by atoms with Gasteiger partial charge in [-0.25, -0.2) is 0 Å². The molecular weight excluding hydrogens is 222 g/mol. The highest BCUT2D eigenvalue weighted by Gasteiger charge is 2.20. The monoisotopic (exact) mass is 241 g/mol. The third-order valence-electron chi connectivity index (χ3n) is 3.91. The minimum atomic E-state index is 0.156. The maximum Gasteiger partial charge on any atom is 0.207 e. The number of benzene rings is 1. The average molecular weight is 241 g/mol. The van der Waals surface area contributed by atoms with Crippen LogP contribution in [0.25, 0.3) is 11.0 Å². The second-order valence-corrected chi connectivity index (χ2v) is 5.32. The summed E-state index contributed by atoms with van der Waals surface area (Å²) in [6.07, 6.45) is 1.91. The highest BCUT2D eigenvalue weighted by Crippen LogP contribution is 2.33. The molecular formula is C16H19NO. The molecule has 0 aliphatic heterocycles. The van der Waals surface area contributed by atoms with Gasteiger partial charge in [-0.3, -0.25) is 0 Å². The first kappa shape index (κ1) is 12.7. The van der Waals surface area contributed by atoms with E-state index in [4.69, 9.17) is 9.68 Å². The first-order valence-electron chi connectivity index (χ1n) is 6.49. The van der Waals surface area contributed by atoms with Crippen LogP contribution in [0, 0.1) is 11.3 Å². The minimum Gasteiger partial charge on any atom is -0.445 e. The summed E-state index contributed by atoms with van der Waals surface area (Å²) in [6.45, 7) is 8.74. The number of aryl methyl sites for hydroxylation is 1. The molecule has 18 heavy (non-hydrogen) atoms. The van der Waals surface area contributed by atoms with Crippen LogP contribution in [0.4, 0.5) is 0 Å². The zero-order valence-corrected chi connectivity index (χ0v) is 11.5. The van der Waals surface area contributed by atoms with Crippen LogP contribution in [0.1, 0.15) is 51.0 Å². The first-order valence-corrected chi connectivity index (χ1v) is 6.49. The molecule has 0 atom stereocenters. The Hall–Kier alpha value is -1.75. The van der Waals surface area contributed by atoms with Crippen molar-refractivity contribution in [3.05, 3.63) is 35.1 Å². The summed E-state index contributed by atoms with van der Waals surface area (Å²) in [5.41, 5.74) is 3.31. The molecule has 94 valence electrons. The molecule has 0 radical (unpaired) electrons. The molecule has 1 aromatic heterocycles. The second-order valence-electron chi connectivity index (χ2n) is 5.32. The maximum atomic E-state index is 9.08. The molecule has 0 saturated carbocycles. The van der Waals surface area contributed by atoms with Crippen molar-refractivity contribution in [2.45, 2.75) is 46.0 Å². The minimum absolute atomic E-state index is 0.156. The molecule has 1 heterocycles. The summed E-state index contributed by atoms with van der Waals surface area (Å²) in [5.74, 6) is 0.457. The SMILES string of the molecule is CCc1c(C#N)oc2ccc(C(C)(C)CC)cc12. The molecule has 0 fully saturated rings. The van der Waals surface area contributed by atoms with Crippen molar-refractivity contribution in [3.63, 3.8) is 0 Å². The van der Waals surface area contributed by atoms with E-state index in [2.05, 4.69) is 45.9 Å². The van der Waals surface area contributed by atoms with E-state index < -0.39 is 0 Å². The summed E-state index contributed by atoms with van der Waals surface area (Å²) in [7, 11) is 0. The molecule has 2 aromatic rings. The quantitative estimate of drug-likeness (QED) is 0.790. The summed E-state index contributed by atoms with van der Waals surface area (Å²) in [5, 5.41) is 10.2. The van der Waals surface area contributed by atoms with Crippen molar-refractivity contribution in [1.82, 2.24) is 0 Å². The Kier molecular flexibility index (Phi) is 3.17. The van der Waals surface area contributed by atoms with Crippen LogP contribution < -0.4 is 0 Å². The lowest BCUT2D eigenvalue weighted by Gasteiger charge is -2.23. The predicted octanol–water partition coefficient (Wildman–Crippen LogP) is 4.55. The Balaban J connectivity index is 2.68. The molecule has 1 aromatic carbocycles. The summed E-state index contributed by atoms with van der Waals surface area (Å²) in [4.78, 5) is 0. The maximum absolute atomic E-state index is 9.08. The Labute approximate surface area is 108 Å². The van der Waals surface area contributed by atoms with Gasteiger partial charge in [-0.1, -0.05) is 33.8 Å². The topological polar surface area (TPSA) is 36.9 Å². The molecule has 2 nitrogen and oxygen atoms in total. The molecule has 0 amide bonds. The van der Waals surface area contributed by atoms with Gasteiger partial charge < -0.3 is 4.42 Å². The number of rotatable bonds is 3. The van der Waals surface area contributed by atoms with Crippen molar-refractivity contribution in [3.8, 4) is 6.07 Å². The molecule has 2 rings (SSSR count). The molecule has 2 heteroatoms. The third-order valence-corrected chi connectivity index (χ3v) is 3.91. The normalized spacial score (nSPS) is 11.7. The number of furan rings is 1. The molecule has 0 aliphatic rings. The summed E-state index contributed by atoms with van der Waals surface area (Å²) >= 11 is 0. The number of nitrogens with zero attached hydrogens (tertiary/aromatic N) is 1. The predicted molar refractivity (Wildman–Crippen MR) is 73.6 cm³/mol. The van der Waals surface area contributed by atoms with E-state index in [9.17, 15) is 0 Å². The highest BCUT2D eigenvalue weighted by molar-refractivity contribution is 5.84. The van der Waals surface area contributed by atoms with Gasteiger partial charge in [0.05, 0.1) is 0 Å². The average Bonchev–Trinajstić information content (AvgIpc) is 2.75. The van der Waals surface area contributed by atoms with Crippen molar-refractivity contribution >= 4 is 11.0 Å². The van der Waals surface area contributed by atoms with Crippen LogP contribution >= 0.6 is 0 Å². The largest absolute Gasteiger partial charge is 0.445 e. The lowest BCUT2D eigenvalue weighted by atomic mass is 9.81. The molecule has 0 N–H and O–H groups in total. The standard InChI is InChI=1S/C16H19NO/c1-5-12-13-9-11(16(3,4)6-2)7-8-14(13)18-15(12)10-17/h7-9H,5-6H2,1-4H3. The van der Waals surface area contributed by atoms with Gasteiger partial charge in [-0.15, -0.1) is 0 Å². The molecule has 0 saturated heterocycles. The van der Waals surface area contributed by atoms with Crippen LogP contribution in [0.5, 0.6) is 0 Å².